The number of hydroxylamine groups is 2. The second-order valence-electron chi connectivity index (χ2n) is 26.4. The first kappa shape index (κ1) is 101. The first-order valence-corrected chi connectivity index (χ1v) is 41.9. The molecule has 10 N–H and O–H groups in total. The van der Waals surface area contributed by atoms with Gasteiger partial charge in [0.25, 0.3) is 36.3 Å². The van der Waals surface area contributed by atoms with Crippen LogP contribution in [0.5, 0.6) is 11.5 Å². The van der Waals surface area contributed by atoms with E-state index in [1.54, 1.807) is 87.0 Å². The zero-order valence-corrected chi connectivity index (χ0v) is 70.2. The molecule has 12 aromatic rings. The normalized spacial score (nSPS) is 15.2. The van der Waals surface area contributed by atoms with Crippen LogP contribution in [0.4, 0.5) is 34.1 Å². The van der Waals surface area contributed by atoms with Crippen LogP contribution in [0.25, 0.3) is 59.2 Å². The summed E-state index contributed by atoms with van der Waals surface area (Å²) in [5.74, 6) is -1.42. The number of fused-ring (bicyclic) bond motifs is 6. The van der Waals surface area contributed by atoms with Crippen LogP contribution >= 0.6 is 66.1 Å². The van der Waals surface area contributed by atoms with E-state index < -0.39 is 79.8 Å². The number of ether oxygens (including phenoxy) is 2. The predicted octanol–water partition coefficient (Wildman–Crippen LogP) is 20.2. The van der Waals surface area contributed by atoms with Gasteiger partial charge in [-0.1, -0.05) is 141 Å². The number of azo groups is 2. The molecule has 2 aliphatic rings. The number of amides is 1. The predicted molar refractivity (Wildman–Crippen MR) is 488 cm³/mol. The summed E-state index contributed by atoms with van der Waals surface area (Å²) >= 11 is 14.9. The number of carbonyl (C=O) groups is 5. The third kappa shape index (κ3) is 23.9. The number of halogens is 4. The van der Waals surface area contributed by atoms with Crippen LogP contribution in [0.3, 0.4) is 0 Å². The average Bonchev–Trinajstić information content (AvgIpc) is 0.757. The van der Waals surface area contributed by atoms with Crippen molar-refractivity contribution in [3.63, 3.8) is 0 Å². The monoisotopic (exact) mass is 1970 g/mol. The highest BCUT2D eigenvalue weighted by atomic mass is 127. The van der Waals surface area contributed by atoms with Gasteiger partial charge in [-0.25, -0.2) is 14.8 Å². The standard InChI is InChI=1S/C33H23N5O11S3.C18H17ClN2O3.C10H7NO2.C9H15Br2NO2.C9H7IN2O.5CH4/c39-32-27-4-2-1-3-26(27)31(52(47,48)49)18-29(32)38-36-22-8-5-19(6-9-22)33(40)34-21-11-13-23(14-12-21)35-37-24-10-7-20-15-25(50(41,42)43)17-30(28(20)16-24)51(44,45)46;1-3-24-17(22)10-20-18-13-6-4-11(19)8-16(13)21-15-7-5-12(23-2)9-14(15)18;12-10(13)9-8-4-2-1-3-7(8)5-6-11-9;1-8(2)6(10)5(13)7(11)9(3,4)12(8)14;10-6-4-7(11)9(13)8-5(6)2-1-3-12-8;;;;;/h1-18,29H,(H,34,40)(H,41,42,43)(H,44,45,46)(H,47,48,49);4-9H,3,10H2,1-2H3,(H,20,21);1-6H,(H,12,13);6-7,14H,1-4H3;1-4,13H,11H2;5*1H4. The van der Waals surface area contributed by atoms with Crippen LogP contribution in [0.1, 0.15) is 109 Å². The van der Waals surface area contributed by atoms with Crippen molar-refractivity contribution in [3.8, 4) is 11.5 Å². The highest BCUT2D eigenvalue weighted by Gasteiger charge is 2.55. The van der Waals surface area contributed by atoms with Gasteiger partial charge >= 0.3 is 11.9 Å². The number of phenolic OH excluding ortho intramolecular Hbond substituents is 1. The van der Waals surface area contributed by atoms with E-state index in [1.165, 1.54) is 71.9 Å². The summed E-state index contributed by atoms with van der Waals surface area (Å²) in [5.41, 5.74) is 9.38. The lowest BCUT2D eigenvalue weighted by Gasteiger charge is -2.52. The summed E-state index contributed by atoms with van der Waals surface area (Å²) in [4.78, 5) is 70.0. The number of piperidine rings is 1. The van der Waals surface area contributed by atoms with Crippen molar-refractivity contribution in [1.29, 1.82) is 0 Å². The van der Waals surface area contributed by atoms with Crippen molar-refractivity contribution >= 4 is 219 Å². The number of carboxylic acids is 1. The molecule has 3 unspecified atom stereocenters. The van der Waals surface area contributed by atoms with E-state index in [4.69, 9.17) is 31.9 Å². The number of phenols is 1. The molecular weight excluding hydrogens is 1890 g/mol. The van der Waals surface area contributed by atoms with Crippen molar-refractivity contribution in [1.82, 2.24) is 20.0 Å². The number of Topliss-reactive ketones (excluding diaryl/α,β-unsaturated/α-hetero) is 2. The van der Waals surface area contributed by atoms with E-state index in [0.717, 1.165) is 59.7 Å². The van der Waals surface area contributed by atoms with Crippen LogP contribution in [-0.4, -0.2) is 151 Å². The van der Waals surface area contributed by atoms with E-state index in [0.29, 0.717) is 45.7 Å². The number of aromatic carboxylic acids is 1. The Hall–Kier alpha value is -10.8. The number of anilines is 3. The average molecular weight is 1980 g/mol. The molecule has 640 valence electrons. The van der Waals surface area contributed by atoms with Crippen molar-refractivity contribution in [3.05, 3.63) is 238 Å². The third-order valence-electron chi connectivity index (χ3n) is 17.8. The lowest BCUT2D eigenvalue weighted by Crippen LogP contribution is -2.69. The molecule has 30 nitrogen and oxygen atoms in total. The maximum absolute atomic E-state index is 12.9. The highest BCUT2D eigenvalue weighted by molar-refractivity contribution is 14.1. The van der Waals surface area contributed by atoms with Crippen LogP contribution in [0.15, 0.2) is 237 Å². The Bertz CT molecular complexity index is 6310. The van der Waals surface area contributed by atoms with Gasteiger partial charge in [0.2, 0.25) is 0 Å². The molecule has 14 rings (SSSR count). The molecule has 0 radical (unpaired) electrons. The number of carbonyl (C=O) groups excluding carboxylic acids is 4. The summed E-state index contributed by atoms with van der Waals surface area (Å²) in [6.45, 7) is 9.55. The van der Waals surface area contributed by atoms with E-state index >= 15 is 0 Å². The molecule has 0 saturated carbocycles. The smallest absolute Gasteiger partial charge is 0.355 e. The van der Waals surface area contributed by atoms with Crippen LogP contribution in [0, 0.1) is 3.57 Å². The summed E-state index contributed by atoms with van der Waals surface area (Å²) in [7, 11) is -12.7. The molecule has 121 heavy (non-hydrogen) atoms. The zero-order chi connectivity index (χ0) is 84.5. The number of carboxylic acid groups (broad SMARTS) is 1. The fourth-order valence-electron chi connectivity index (χ4n) is 12.0. The number of hydrogen-bond acceptors (Lipinski definition) is 25. The first-order valence-electron chi connectivity index (χ1n) is 34.3. The molecule has 9 aromatic carbocycles. The second kappa shape index (κ2) is 42.2. The van der Waals surface area contributed by atoms with Gasteiger partial charge in [0.1, 0.15) is 27.6 Å². The van der Waals surface area contributed by atoms with Crippen LogP contribution in [0.2, 0.25) is 5.02 Å². The zero-order valence-electron chi connectivity index (χ0n) is 61.7. The van der Waals surface area contributed by atoms with Crippen molar-refractivity contribution in [2.75, 3.05) is 36.6 Å². The number of ketones is 2. The molecule has 4 heterocycles. The minimum absolute atomic E-state index is 0. The number of pyridine rings is 3. The molecule has 1 saturated heterocycles. The SMILES string of the molecule is C.C.C.C.C.CC1(C)C(Br)C(=O)C(Br)C(C)(C)N1O.CCOC(=O)CNc1c2ccc(Cl)cc2nc2ccc(OC)cc12.Nc1cc(I)c2cccnc2c1O.O=C(Nc1ccc(N=Nc2ccc3cc(S(=O)(=O)O)cc(S(=O)(=O)O)c3c2)cc1)c1ccc(N=NC2C=C(S(=O)(=O)O)c3ccccc3C2=O)cc1.O=C(O)c1nccc2ccccc12. The Labute approximate surface area is 735 Å². The number of esters is 1. The van der Waals surface area contributed by atoms with Gasteiger partial charge in [-0.05, 0) is 201 Å². The van der Waals surface area contributed by atoms with Crippen LogP contribution < -0.4 is 21.1 Å². The van der Waals surface area contributed by atoms with Gasteiger partial charge in [-0.2, -0.15) is 50.8 Å². The fraction of sp³-hybridized carbons (Fsp3) is 0.214. The summed E-state index contributed by atoms with van der Waals surface area (Å²) in [6.07, 6.45) is 4.17. The molecule has 1 fully saturated rings. The van der Waals surface area contributed by atoms with Gasteiger partial charge in [0.15, 0.2) is 29.1 Å². The number of benzene rings is 9. The molecule has 1 aliphatic heterocycles. The Morgan fingerprint density at radius 3 is 1.86 bits per heavy atom. The second-order valence-corrected chi connectivity index (χ2v) is 34.1. The Morgan fingerprint density at radius 2 is 1.24 bits per heavy atom. The van der Waals surface area contributed by atoms with Gasteiger partial charge in [-0.15, -0.1) is 0 Å². The first-order chi connectivity index (χ1) is 54.7. The number of hydrogen-bond donors (Lipinski definition) is 9. The Balaban J connectivity index is 0.000000309. The molecule has 3 aromatic heterocycles. The highest BCUT2D eigenvalue weighted by Crippen LogP contribution is 2.43. The van der Waals surface area contributed by atoms with E-state index in [-0.39, 0.29) is 115 Å². The largest absolute Gasteiger partial charge is 0.504 e. The number of nitrogens with two attached hydrogens (primary N) is 1. The summed E-state index contributed by atoms with van der Waals surface area (Å²) in [6, 6.07) is 48.0. The van der Waals surface area contributed by atoms with E-state index in [2.05, 4.69) is 100 Å². The lowest BCUT2D eigenvalue weighted by molar-refractivity contribution is -0.231. The maximum atomic E-state index is 12.9. The molecule has 0 bridgehead atoms. The lowest BCUT2D eigenvalue weighted by atomic mass is 9.81. The quantitative estimate of drug-likeness (QED) is 0.00673. The maximum Gasteiger partial charge on any atom is 0.355 e. The minimum atomic E-state index is -4.88. The summed E-state index contributed by atoms with van der Waals surface area (Å²) < 4.78 is 111. The molecule has 0 spiro atoms. The van der Waals surface area contributed by atoms with E-state index in [1.807, 2.05) is 76.2 Å². The molecular formula is C84H89Br2ClIN11O19S3. The van der Waals surface area contributed by atoms with Gasteiger partial charge in [-0.3, -0.25) is 37.8 Å². The number of methoxy groups -OCH3 is 1. The number of aromatic hydroxyl groups is 1. The molecule has 37 heteroatoms. The van der Waals surface area contributed by atoms with E-state index in [9.17, 15) is 73.2 Å². The fourth-order valence-corrected chi connectivity index (χ4v) is 16.3. The summed E-state index contributed by atoms with van der Waals surface area (Å²) in [5, 5.41) is 56.6. The molecule has 1 aliphatic carbocycles. The molecule has 1 amide bonds. The van der Waals surface area contributed by atoms with Crippen molar-refractivity contribution in [2.45, 2.75) is 108 Å². The molecule has 3 atom stereocenters. The number of aromatic nitrogens is 3. The number of rotatable bonds is 15. The van der Waals surface area contributed by atoms with Crippen LogP contribution in [-0.2, 0) is 44.7 Å². The van der Waals surface area contributed by atoms with Crippen molar-refractivity contribution < 1.29 is 87.8 Å². The topological polar surface area (TPSA) is 469 Å². The number of nitrogens with one attached hydrogen (secondary N) is 2. The number of alkyl halides is 2. The third-order valence-corrected chi connectivity index (χ3v) is 24.7. The van der Waals surface area contributed by atoms with Gasteiger partial charge in [0.05, 0.1) is 78.8 Å². The Kier molecular flexibility index (Phi) is 35.1. The minimum Gasteiger partial charge on any atom is -0.504 e. The Morgan fingerprint density at radius 1 is 0.636 bits per heavy atom. The number of nitrogens with zero attached hydrogens (tertiary/aromatic N) is 8. The van der Waals surface area contributed by atoms with Gasteiger partial charge < -0.3 is 41.3 Å². The number of nitrogen functional groups attached to an aromatic ring is 1. The van der Waals surface area contributed by atoms with Crippen molar-refractivity contribution in [2.24, 2.45) is 20.5 Å². The van der Waals surface area contributed by atoms with Gasteiger partial charge in [0, 0.05) is 70.3 Å².